The number of nitrogens with one attached hydrogen (secondary N) is 1. The lowest BCUT2D eigenvalue weighted by atomic mass is 10.1. The van der Waals surface area contributed by atoms with Crippen molar-refractivity contribution in [3.63, 3.8) is 0 Å². The van der Waals surface area contributed by atoms with E-state index in [1.165, 1.54) is 12.2 Å². The van der Waals surface area contributed by atoms with Gasteiger partial charge in [0.1, 0.15) is 11.3 Å². The number of hydrogen-bond acceptors (Lipinski definition) is 5. The van der Waals surface area contributed by atoms with Gasteiger partial charge in [0.05, 0.1) is 11.1 Å². The molecular weight excluding hydrogens is 360 g/mol. The molecule has 2 aromatic carbocycles. The first-order valence-electron chi connectivity index (χ1n) is 8.26. The van der Waals surface area contributed by atoms with Crippen LogP contribution in [0.1, 0.15) is 0 Å². The first-order chi connectivity index (χ1) is 13.4. The largest absolute Gasteiger partial charge is 0.508 e. The molecule has 0 unspecified atom stereocenters. The van der Waals surface area contributed by atoms with Gasteiger partial charge >= 0.3 is 0 Å². The number of benzene rings is 2. The molecule has 3 rings (SSSR count). The highest BCUT2D eigenvalue weighted by molar-refractivity contribution is 6.06. The third kappa shape index (κ3) is 3.63. The van der Waals surface area contributed by atoms with E-state index in [4.69, 9.17) is 5.21 Å². The van der Waals surface area contributed by atoms with Gasteiger partial charge < -0.3 is 15.6 Å². The zero-order valence-electron chi connectivity index (χ0n) is 14.8. The number of amides is 1. The van der Waals surface area contributed by atoms with E-state index in [-0.39, 0.29) is 11.3 Å². The molecule has 1 heterocycles. The number of nitrogens with two attached hydrogens (primary N) is 1. The molecule has 0 saturated carbocycles. The van der Waals surface area contributed by atoms with Gasteiger partial charge in [-0.1, -0.05) is 19.2 Å². The zero-order chi connectivity index (χ0) is 20.3. The monoisotopic (exact) mass is 379 g/mol. The highest BCUT2D eigenvalue weighted by Gasteiger charge is 2.15. The molecule has 0 aliphatic carbocycles. The molecule has 0 saturated heterocycles. The van der Waals surface area contributed by atoms with Crippen LogP contribution in [0.3, 0.4) is 0 Å². The first-order valence-corrected chi connectivity index (χ1v) is 8.26. The van der Waals surface area contributed by atoms with Crippen molar-refractivity contribution in [1.82, 2.24) is 9.71 Å². The minimum atomic E-state index is -0.526. The number of anilines is 1. The van der Waals surface area contributed by atoms with Crippen molar-refractivity contribution in [3.05, 3.63) is 79.1 Å². The van der Waals surface area contributed by atoms with Crippen LogP contribution in [0, 0.1) is 0 Å². The van der Waals surface area contributed by atoms with Crippen LogP contribution in [-0.4, -0.2) is 31.1 Å². The summed E-state index contributed by atoms with van der Waals surface area (Å²) in [6.07, 6.45) is 2.74. The highest BCUT2D eigenvalue weighted by atomic mass is 16.5. The maximum absolute atomic E-state index is 12.2. The van der Waals surface area contributed by atoms with E-state index >= 15 is 0 Å². The smallest absolute Gasteiger partial charge is 0.259 e. The van der Waals surface area contributed by atoms with Crippen LogP contribution >= 0.6 is 0 Å². The van der Waals surface area contributed by atoms with Gasteiger partial charge in [-0.25, -0.2) is 10.2 Å². The van der Waals surface area contributed by atoms with Gasteiger partial charge in [0, 0.05) is 23.4 Å². The summed E-state index contributed by atoms with van der Waals surface area (Å²) in [6, 6.07) is 11.6. The van der Waals surface area contributed by atoms with E-state index in [0.29, 0.717) is 33.8 Å². The van der Waals surface area contributed by atoms with Crippen molar-refractivity contribution >= 4 is 28.3 Å². The first kappa shape index (κ1) is 18.9. The van der Waals surface area contributed by atoms with Crippen molar-refractivity contribution in [1.29, 1.82) is 0 Å². The number of aliphatic hydroxyl groups is 1. The lowest BCUT2D eigenvalue weighted by molar-refractivity contribution is -0.825. The predicted octanol–water partition coefficient (Wildman–Crippen LogP) is 2.65. The molecule has 142 valence electrons. The average molecular weight is 379 g/mol. The molecule has 8 heteroatoms. The van der Waals surface area contributed by atoms with Gasteiger partial charge in [-0.15, -0.1) is 0 Å². The van der Waals surface area contributed by atoms with Crippen molar-refractivity contribution < 1.29 is 25.8 Å². The lowest BCUT2D eigenvalue weighted by Crippen LogP contribution is -2.73. The second kappa shape index (κ2) is 7.78. The molecule has 28 heavy (non-hydrogen) atoms. The molecule has 0 radical (unpaired) electrons. The topological polar surface area (TPSA) is 124 Å². The predicted molar refractivity (Wildman–Crippen MR) is 104 cm³/mol. The van der Waals surface area contributed by atoms with Crippen LogP contribution in [-0.2, 0) is 4.79 Å². The van der Waals surface area contributed by atoms with Crippen LogP contribution < -0.4 is 10.8 Å². The molecule has 0 atom stereocenters. The Morgan fingerprint density at radius 1 is 1.21 bits per heavy atom. The van der Waals surface area contributed by atoms with Crippen LogP contribution in [0.4, 0.5) is 11.4 Å². The maximum Gasteiger partial charge on any atom is 0.259 e. The van der Waals surface area contributed by atoms with Crippen molar-refractivity contribution in [2.45, 2.75) is 0 Å². The number of carbonyl (C=O) groups is 1. The summed E-state index contributed by atoms with van der Waals surface area (Å²) in [7, 11) is 0. The Kier molecular flexibility index (Phi) is 5.25. The molecule has 8 nitrogen and oxygen atoms in total. The number of quaternary nitrogens is 1. The van der Waals surface area contributed by atoms with E-state index in [9.17, 15) is 15.1 Å². The van der Waals surface area contributed by atoms with Crippen molar-refractivity contribution in [2.75, 3.05) is 5.32 Å². The fourth-order valence-electron chi connectivity index (χ4n) is 2.67. The molecule has 6 N–H and O–H groups in total. The number of aromatic nitrogens is 2. The summed E-state index contributed by atoms with van der Waals surface area (Å²) in [4.78, 5) is 16.6. The zero-order valence-corrected chi connectivity index (χ0v) is 14.8. The molecule has 0 bridgehead atoms. The number of imidazole rings is 1. The Balaban J connectivity index is 1.87. The Hall–Kier alpha value is -3.88. The van der Waals surface area contributed by atoms with Gasteiger partial charge in [-0.2, -0.15) is 10.2 Å². The van der Waals surface area contributed by atoms with Crippen LogP contribution in [0.5, 0.6) is 0 Å². The normalized spacial score (nSPS) is 11.4. The van der Waals surface area contributed by atoms with E-state index in [1.54, 1.807) is 42.5 Å². The van der Waals surface area contributed by atoms with E-state index in [2.05, 4.69) is 23.5 Å². The summed E-state index contributed by atoms with van der Waals surface area (Å²) in [5, 5.41) is 31.7. The minimum absolute atomic E-state index is 0.00715. The molecular formula is C20H19N4O4+. The SMILES string of the molecule is C=C/C=C(\C(=C)O)C(=O)Nc1ccc(-c2nc3ccc([NH2+]O)cc3n2O)cc1. The highest BCUT2D eigenvalue weighted by Crippen LogP contribution is 2.26. The van der Waals surface area contributed by atoms with Gasteiger partial charge in [-0.05, 0) is 36.4 Å². The fraction of sp³-hybridized carbons (Fsp3) is 0. The second-order valence-electron chi connectivity index (χ2n) is 5.92. The third-order valence-corrected chi connectivity index (χ3v) is 4.04. The Bertz CT molecular complexity index is 1100. The Morgan fingerprint density at radius 2 is 1.93 bits per heavy atom. The number of rotatable bonds is 6. The number of allylic oxidation sites excluding steroid dienone is 2. The molecule has 1 aromatic heterocycles. The van der Waals surface area contributed by atoms with E-state index < -0.39 is 5.91 Å². The van der Waals surface area contributed by atoms with Gasteiger partial charge in [-0.3, -0.25) is 4.79 Å². The Labute approximate surface area is 160 Å². The Morgan fingerprint density at radius 3 is 2.54 bits per heavy atom. The van der Waals surface area contributed by atoms with E-state index in [1.807, 2.05) is 0 Å². The number of hydrogen-bond donors (Lipinski definition) is 5. The summed E-state index contributed by atoms with van der Waals surface area (Å²) < 4.78 is 0.941. The van der Waals surface area contributed by atoms with E-state index in [0.717, 1.165) is 10.2 Å². The fourth-order valence-corrected chi connectivity index (χ4v) is 2.67. The molecule has 1 amide bonds. The molecule has 3 aromatic rings. The van der Waals surface area contributed by atoms with Gasteiger partial charge in [0.15, 0.2) is 11.5 Å². The summed E-state index contributed by atoms with van der Waals surface area (Å²) in [6.45, 7) is 6.85. The summed E-state index contributed by atoms with van der Waals surface area (Å²) in [5.41, 5.74) is 3.63. The number of fused-ring (bicyclic) bond motifs is 1. The third-order valence-electron chi connectivity index (χ3n) is 4.04. The summed E-state index contributed by atoms with van der Waals surface area (Å²) in [5.74, 6) is -0.566. The quantitative estimate of drug-likeness (QED) is 0.112. The number of nitrogens with zero attached hydrogens (tertiary/aromatic N) is 2. The summed E-state index contributed by atoms with van der Waals surface area (Å²) >= 11 is 0. The molecule has 0 spiro atoms. The molecule has 0 fully saturated rings. The maximum atomic E-state index is 12.2. The number of carbonyl (C=O) groups excluding carboxylic acids is 1. The molecule has 0 aliphatic rings. The lowest BCUT2D eigenvalue weighted by Gasteiger charge is -2.08. The van der Waals surface area contributed by atoms with Crippen molar-refractivity contribution in [2.24, 2.45) is 0 Å². The standard InChI is InChI=1S/C20H18N4O4/c1-3-4-16(12(2)25)20(26)21-14-7-5-13(6-8-14)19-22-17-10-9-15(23-27)11-18(17)24(19)28/h3-11,23,25,27-28H,1-2H2,(H,21,26)/p+1/b16-4+. The average Bonchev–Trinajstić information content (AvgIpc) is 3.02. The number of aliphatic hydroxyl groups excluding tert-OH is 1. The van der Waals surface area contributed by atoms with Crippen LogP contribution in [0.2, 0.25) is 0 Å². The van der Waals surface area contributed by atoms with Crippen LogP contribution in [0.25, 0.3) is 22.4 Å². The second-order valence-corrected chi connectivity index (χ2v) is 5.92. The van der Waals surface area contributed by atoms with Gasteiger partial charge in [0.25, 0.3) is 5.91 Å². The minimum Gasteiger partial charge on any atom is -0.508 e. The van der Waals surface area contributed by atoms with Crippen LogP contribution in [0.15, 0.2) is 79.1 Å². The van der Waals surface area contributed by atoms with Gasteiger partial charge in [0.2, 0.25) is 0 Å². The molecule has 0 aliphatic heterocycles. The van der Waals surface area contributed by atoms with Crippen molar-refractivity contribution in [3.8, 4) is 11.4 Å².